The van der Waals surface area contributed by atoms with E-state index in [-0.39, 0.29) is 0 Å². The maximum Gasteiger partial charge on any atom is 0.426 e. The summed E-state index contributed by atoms with van der Waals surface area (Å²) in [5.41, 5.74) is 0. The van der Waals surface area contributed by atoms with Gasteiger partial charge in [-0.1, -0.05) is 34.8 Å². The quantitative estimate of drug-likeness (QED) is 0.527. The van der Waals surface area contributed by atoms with Crippen LogP contribution in [0.25, 0.3) is 0 Å². The molecule has 0 aromatic carbocycles. The van der Waals surface area contributed by atoms with E-state index in [1.807, 2.05) is 0 Å². The highest BCUT2D eigenvalue weighted by molar-refractivity contribution is 6.53. The molecule has 0 bridgehead atoms. The lowest BCUT2D eigenvalue weighted by Gasteiger charge is -2.31. The second-order valence-corrected chi connectivity index (χ2v) is 3.87. The van der Waals surface area contributed by atoms with Crippen molar-refractivity contribution in [3.8, 4) is 0 Å². The Morgan fingerprint density at radius 3 is 1.23 bits per heavy atom. The van der Waals surface area contributed by atoms with Gasteiger partial charge in [-0.25, -0.2) is 13.2 Å². The Morgan fingerprint density at radius 2 is 1.15 bits per heavy atom. The average Bonchev–Trinajstić information content (AvgIpc) is 1.84. The van der Waals surface area contributed by atoms with Gasteiger partial charge in [-0.2, -0.15) is 13.2 Å². The fraction of sp³-hybridized carbons (Fsp3) is 1.00. The van der Waals surface area contributed by atoms with Crippen LogP contribution in [-0.4, -0.2) is 22.1 Å². The summed E-state index contributed by atoms with van der Waals surface area (Å²) >= 11 is 13.0. The summed E-state index contributed by atoms with van der Waals surface area (Å²) in [5.74, 6) is 0. The summed E-state index contributed by atoms with van der Waals surface area (Å²) in [7, 11) is 0. The van der Waals surface area contributed by atoms with Crippen LogP contribution < -0.4 is 0 Å². The fourth-order valence-electron chi connectivity index (χ4n) is 0.326. The summed E-state index contributed by atoms with van der Waals surface area (Å²) in [5, 5.41) is -4.58. The molecule has 9 heteroatoms. The van der Waals surface area contributed by atoms with Crippen LogP contribution >= 0.6 is 34.8 Å². The van der Waals surface area contributed by atoms with E-state index in [0.29, 0.717) is 0 Å². The molecular weight excluding hydrogens is 268 g/mol. The van der Waals surface area contributed by atoms with Gasteiger partial charge >= 0.3 is 6.18 Å². The van der Waals surface area contributed by atoms with Gasteiger partial charge in [0.2, 0.25) is 0 Å². The van der Waals surface area contributed by atoms with E-state index >= 15 is 0 Å². The van der Waals surface area contributed by atoms with Crippen molar-refractivity contribution in [2.75, 3.05) is 0 Å². The minimum atomic E-state index is -5.59. The van der Waals surface area contributed by atoms with E-state index in [1.54, 1.807) is 0 Å². The van der Waals surface area contributed by atoms with Gasteiger partial charge in [0.25, 0.3) is 15.9 Å². The van der Waals surface area contributed by atoms with E-state index in [2.05, 4.69) is 34.8 Å². The first-order chi connectivity index (χ1) is 5.44. The number of hydrogen-bond acceptors (Lipinski definition) is 0. The fourth-order valence-corrected chi connectivity index (χ4v) is 0.598. The molecule has 0 rings (SSSR count). The van der Waals surface area contributed by atoms with E-state index in [4.69, 9.17) is 0 Å². The van der Waals surface area contributed by atoms with Gasteiger partial charge in [-0.15, -0.1) is 0 Å². The van der Waals surface area contributed by atoms with Crippen molar-refractivity contribution >= 4 is 34.8 Å². The van der Waals surface area contributed by atoms with Crippen LogP contribution in [0, 0.1) is 0 Å². The molecule has 0 amide bonds. The largest absolute Gasteiger partial charge is 0.426 e. The Bertz CT molecular complexity index is 185. The van der Waals surface area contributed by atoms with E-state index < -0.39 is 22.1 Å². The first-order valence-electron chi connectivity index (χ1n) is 2.55. The lowest BCUT2D eigenvalue weighted by molar-refractivity contribution is -0.174. The zero-order valence-electron chi connectivity index (χ0n) is 5.48. The van der Waals surface area contributed by atoms with Crippen molar-refractivity contribution < 1.29 is 26.3 Å². The van der Waals surface area contributed by atoms with Gasteiger partial charge in [-0.3, -0.25) is 0 Å². The Kier molecular flexibility index (Phi) is 3.67. The Morgan fingerprint density at radius 1 is 0.846 bits per heavy atom. The van der Waals surface area contributed by atoms with Crippen LogP contribution in [0.15, 0.2) is 0 Å². The van der Waals surface area contributed by atoms with Gasteiger partial charge < -0.3 is 0 Å². The maximum atomic E-state index is 12.5. The molecule has 0 heterocycles. The smallest absolute Gasteiger partial charge is 0.216 e. The predicted octanol–water partition coefficient (Wildman–Crippen LogP) is 3.89. The van der Waals surface area contributed by atoms with Crippen molar-refractivity contribution in [3.63, 3.8) is 0 Å². The second-order valence-electron chi connectivity index (χ2n) is 2.00. The third-order valence-corrected chi connectivity index (χ3v) is 2.67. The summed E-state index contributed by atoms with van der Waals surface area (Å²) in [6.45, 7) is 0. The number of alkyl halides is 9. The van der Waals surface area contributed by atoms with Crippen LogP contribution in [0.2, 0.25) is 0 Å². The van der Waals surface area contributed by atoms with Crippen LogP contribution in [0.5, 0.6) is 0 Å². The summed E-state index contributed by atoms with van der Waals surface area (Å²) in [4.78, 5) is 0. The van der Waals surface area contributed by atoms with Crippen molar-refractivity contribution in [2.45, 2.75) is 22.1 Å². The topological polar surface area (TPSA) is 0 Å². The van der Waals surface area contributed by atoms with Crippen molar-refractivity contribution in [2.24, 2.45) is 0 Å². The van der Waals surface area contributed by atoms with Gasteiger partial charge in [0.1, 0.15) is 0 Å². The zero-order chi connectivity index (χ0) is 11.1. The molecule has 0 aromatic rings. The SMILES string of the molecule is FC(F)C(F)(Cl)C(Cl)(Cl)C(F)(F)F. The molecular formula is C4HCl3F6. The first-order valence-corrected chi connectivity index (χ1v) is 3.68. The summed E-state index contributed by atoms with van der Waals surface area (Å²) < 4.78 is 66.8. The molecule has 0 aliphatic rings. The highest BCUT2D eigenvalue weighted by atomic mass is 35.5. The Labute approximate surface area is 83.7 Å². The van der Waals surface area contributed by atoms with Crippen molar-refractivity contribution in [1.82, 2.24) is 0 Å². The summed E-state index contributed by atoms with van der Waals surface area (Å²) in [6, 6.07) is 0. The Hall–Kier alpha value is 0.450. The van der Waals surface area contributed by atoms with E-state index in [0.717, 1.165) is 0 Å². The Balaban J connectivity index is 5.04. The van der Waals surface area contributed by atoms with Gasteiger partial charge in [0, 0.05) is 0 Å². The molecule has 0 fully saturated rings. The standard InChI is InChI=1S/C4HCl3F6/c5-2(10,1(8)9)3(6,7)4(11,12)13/h1H. The molecule has 0 aliphatic heterocycles. The molecule has 0 saturated heterocycles. The van der Waals surface area contributed by atoms with E-state index in [9.17, 15) is 26.3 Å². The molecule has 0 nitrogen and oxygen atoms in total. The highest BCUT2D eigenvalue weighted by Crippen LogP contribution is 2.53. The van der Waals surface area contributed by atoms with Gasteiger partial charge in [0.05, 0.1) is 0 Å². The third-order valence-electron chi connectivity index (χ3n) is 1.05. The van der Waals surface area contributed by atoms with E-state index in [1.165, 1.54) is 0 Å². The number of hydrogen-bond donors (Lipinski definition) is 0. The molecule has 0 N–H and O–H groups in total. The van der Waals surface area contributed by atoms with Crippen LogP contribution in [0.4, 0.5) is 26.3 Å². The monoisotopic (exact) mass is 268 g/mol. The van der Waals surface area contributed by atoms with Crippen molar-refractivity contribution in [3.05, 3.63) is 0 Å². The molecule has 0 aliphatic carbocycles. The molecule has 0 spiro atoms. The molecule has 0 aromatic heterocycles. The first kappa shape index (κ1) is 13.4. The van der Waals surface area contributed by atoms with Crippen LogP contribution in [0.3, 0.4) is 0 Å². The average molecular weight is 269 g/mol. The normalized spacial score (nSPS) is 18.9. The number of rotatable bonds is 2. The molecule has 80 valence electrons. The van der Waals surface area contributed by atoms with Crippen LogP contribution in [-0.2, 0) is 0 Å². The molecule has 1 unspecified atom stereocenters. The lowest BCUT2D eigenvalue weighted by Crippen LogP contribution is -2.53. The highest BCUT2D eigenvalue weighted by Gasteiger charge is 2.70. The minimum absolute atomic E-state index is 4.16. The minimum Gasteiger partial charge on any atom is -0.216 e. The molecule has 0 saturated carbocycles. The second kappa shape index (κ2) is 3.55. The number of halogens is 9. The molecule has 13 heavy (non-hydrogen) atoms. The van der Waals surface area contributed by atoms with Gasteiger partial charge in [0.15, 0.2) is 0 Å². The third kappa shape index (κ3) is 2.27. The molecule has 0 radical (unpaired) electrons. The summed E-state index contributed by atoms with van der Waals surface area (Å²) in [6.07, 6.45) is -9.76. The maximum absolute atomic E-state index is 12.5. The zero-order valence-corrected chi connectivity index (χ0v) is 7.75. The lowest BCUT2D eigenvalue weighted by atomic mass is 10.2. The predicted molar refractivity (Wildman–Crippen MR) is 36.2 cm³/mol. The van der Waals surface area contributed by atoms with Gasteiger partial charge in [-0.05, 0) is 0 Å². The molecule has 1 atom stereocenters. The van der Waals surface area contributed by atoms with Crippen LogP contribution in [0.1, 0.15) is 0 Å². The van der Waals surface area contributed by atoms with Crippen molar-refractivity contribution in [1.29, 1.82) is 0 Å².